The van der Waals surface area contributed by atoms with Crippen LogP contribution in [0.4, 0.5) is 24.8 Å². The number of anilines is 2. The van der Waals surface area contributed by atoms with Crippen LogP contribution in [0.2, 0.25) is 0 Å². The van der Waals surface area contributed by atoms with Gasteiger partial charge in [0.05, 0.1) is 12.1 Å². The molecule has 2 heterocycles. The van der Waals surface area contributed by atoms with E-state index in [1.807, 2.05) is 6.92 Å². The summed E-state index contributed by atoms with van der Waals surface area (Å²) in [7, 11) is 0. The van der Waals surface area contributed by atoms with Crippen molar-refractivity contribution in [3.05, 3.63) is 11.9 Å². The van der Waals surface area contributed by atoms with Crippen LogP contribution in [0.25, 0.3) is 0 Å². The third-order valence-electron chi connectivity index (χ3n) is 2.84. The minimum Gasteiger partial charge on any atom is -0.376 e. The Hall–Kier alpha value is -1.61. The first-order valence-corrected chi connectivity index (χ1v) is 5.71. The maximum Gasteiger partial charge on any atom is 0.451 e. The topological polar surface area (TPSA) is 85.1 Å². The van der Waals surface area contributed by atoms with Crippen LogP contribution in [0.3, 0.4) is 0 Å². The second-order valence-electron chi connectivity index (χ2n) is 4.22. The summed E-state index contributed by atoms with van der Waals surface area (Å²) in [5.41, 5.74) is 2.09. The number of rotatable bonds is 3. The van der Waals surface area contributed by atoms with Crippen molar-refractivity contribution in [3.63, 3.8) is 0 Å². The van der Waals surface area contributed by atoms with Crippen molar-refractivity contribution >= 4 is 11.6 Å². The highest BCUT2D eigenvalue weighted by Gasteiger charge is 2.36. The van der Waals surface area contributed by atoms with E-state index in [2.05, 4.69) is 20.7 Å². The molecule has 1 aromatic rings. The lowest BCUT2D eigenvalue weighted by Crippen LogP contribution is -2.28. The molecular formula is C10H14F3N5O. The van der Waals surface area contributed by atoms with Gasteiger partial charge in [-0.2, -0.15) is 13.2 Å². The summed E-state index contributed by atoms with van der Waals surface area (Å²) in [5, 5.41) is 2.91. The summed E-state index contributed by atoms with van der Waals surface area (Å²) in [6.07, 6.45) is -4.00. The van der Waals surface area contributed by atoms with E-state index in [0.29, 0.717) is 13.0 Å². The normalized spacial score (nSPS) is 23.4. The average molecular weight is 277 g/mol. The molecule has 1 aromatic heterocycles. The van der Waals surface area contributed by atoms with Gasteiger partial charge in [0.2, 0.25) is 5.82 Å². The summed E-state index contributed by atoms with van der Waals surface area (Å²) in [4.78, 5) is 6.73. The summed E-state index contributed by atoms with van der Waals surface area (Å²) in [5.74, 6) is 3.83. The maximum absolute atomic E-state index is 12.6. The molecule has 4 N–H and O–H groups in total. The van der Waals surface area contributed by atoms with Gasteiger partial charge in [-0.05, 0) is 13.3 Å². The zero-order chi connectivity index (χ0) is 14.0. The fourth-order valence-corrected chi connectivity index (χ4v) is 1.83. The van der Waals surface area contributed by atoms with E-state index in [-0.39, 0.29) is 23.8 Å². The monoisotopic (exact) mass is 277 g/mol. The molecule has 0 aliphatic carbocycles. The molecule has 6 nitrogen and oxygen atoms in total. The first kappa shape index (κ1) is 13.8. The fraction of sp³-hybridized carbons (Fsp3) is 0.600. The lowest BCUT2D eigenvalue weighted by atomic mass is 10.1. The number of hydrazine groups is 1. The van der Waals surface area contributed by atoms with Gasteiger partial charge < -0.3 is 15.5 Å². The molecule has 1 fully saturated rings. The van der Waals surface area contributed by atoms with Crippen molar-refractivity contribution in [1.29, 1.82) is 0 Å². The maximum atomic E-state index is 12.6. The van der Waals surface area contributed by atoms with Crippen LogP contribution in [0.15, 0.2) is 6.07 Å². The summed E-state index contributed by atoms with van der Waals surface area (Å²) in [6.45, 7) is 2.41. The highest BCUT2D eigenvalue weighted by molar-refractivity contribution is 5.48. The largest absolute Gasteiger partial charge is 0.451 e. The quantitative estimate of drug-likeness (QED) is 0.571. The van der Waals surface area contributed by atoms with E-state index >= 15 is 0 Å². The van der Waals surface area contributed by atoms with Gasteiger partial charge >= 0.3 is 6.18 Å². The third kappa shape index (κ3) is 3.24. The molecule has 19 heavy (non-hydrogen) atoms. The SMILES string of the molecule is CC1OCCC1Nc1cc(NN)nc(C(F)(F)F)n1. The van der Waals surface area contributed by atoms with Gasteiger partial charge in [-0.1, -0.05) is 0 Å². The second kappa shape index (κ2) is 5.17. The molecule has 9 heteroatoms. The Morgan fingerprint density at radius 1 is 1.37 bits per heavy atom. The van der Waals surface area contributed by atoms with E-state index in [9.17, 15) is 13.2 Å². The molecule has 0 bridgehead atoms. The molecule has 1 aliphatic heterocycles. The molecule has 0 spiro atoms. The molecule has 2 rings (SSSR count). The number of hydrogen-bond acceptors (Lipinski definition) is 6. The van der Waals surface area contributed by atoms with Crippen molar-refractivity contribution in [1.82, 2.24) is 9.97 Å². The number of hydrogen-bond donors (Lipinski definition) is 3. The molecule has 2 unspecified atom stereocenters. The van der Waals surface area contributed by atoms with Crippen LogP contribution in [-0.2, 0) is 10.9 Å². The van der Waals surface area contributed by atoms with E-state index in [0.717, 1.165) is 0 Å². The predicted octanol–water partition coefficient (Wildman–Crippen LogP) is 1.37. The van der Waals surface area contributed by atoms with Crippen molar-refractivity contribution in [2.24, 2.45) is 5.84 Å². The number of alkyl halides is 3. The van der Waals surface area contributed by atoms with E-state index in [1.165, 1.54) is 6.07 Å². The first-order valence-electron chi connectivity index (χ1n) is 5.71. The Bertz CT molecular complexity index is 453. The van der Waals surface area contributed by atoms with Gasteiger partial charge in [0, 0.05) is 12.7 Å². The van der Waals surface area contributed by atoms with Crippen LogP contribution in [0, 0.1) is 0 Å². The van der Waals surface area contributed by atoms with Gasteiger partial charge in [0.1, 0.15) is 11.6 Å². The van der Waals surface area contributed by atoms with E-state index in [4.69, 9.17) is 10.6 Å². The van der Waals surface area contributed by atoms with E-state index in [1.54, 1.807) is 0 Å². The predicted molar refractivity (Wildman–Crippen MR) is 62.3 cm³/mol. The molecule has 2 atom stereocenters. The number of aromatic nitrogens is 2. The standard InChI is InChI=1S/C10H14F3N5O/c1-5-6(2-3-19-5)15-7-4-8(18-14)17-9(16-7)10(11,12)13/h4-6H,2-3,14H2,1H3,(H2,15,16,17,18). The van der Waals surface area contributed by atoms with Gasteiger partial charge in [-0.15, -0.1) is 0 Å². The molecule has 0 amide bonds. The first-order chi connectivity index (χ1) is 8.90. The smallest absolute Gasteiger partial charge is 0.376 e. The van der Waals surface area contributed by atoms with Crippen LogP contribution < -0.4 is 16.6 Å². The van der Waals surface area contributed by atoms with Crippen molar-refractivity contribution in [2.75, 3.05) is 17.3 Å². The van der Waals surface area contributed by atoms with Crippen LogP contribution in [0.5, 0.6) is 0 Å². The number of nitrogens with two attached hydrogens (primary N) is 1. The van der Waals surface area contributed by atoms with Crippen molar-refractivity contribution < 1.29 is 17.9 Å². The Balaban J connectivity index is 2.24. The molecule has 1 aliphatic rings. The summed E-state index contributed by atoms with van der Waals surface area (Å²) < 4.78 is 43.2. The minimum absolute atomic E-state index is 0.0672. The van der Waals surface area contributed by atoms with Crippen LogP contribution >= 0.6 is 0 Å². The Labute approximate surface area is 107 Å². The molecule has 0 aromatic carbocycles. The highest BCUT2D eigenvalue weighted by Crippen LogP contribution is 2.28. The minimum atomic E-state index is -4.62. The van der Waals surface area contributed by atoms with Gasteiger partial charge in [-0.3, -0.25) is 0 Å². The molecule has 106 valence electrons. The number of ether oxygens (including phenoxy) is 1. The summed E-state index contributed by atoms with van der Waals surface area (Å²) in [6, 6.07) is 1.24. The fourth-order valence-electron chi connectivity index (χ4n) is 1.83. The number of halogens is 3. The Morgan fingerprint density at radius 3 is 2.58 bits per heavy atom. The van der Waals surface area contributed by atoms with Gasteiger partial charge in [-0.25, -0.2) is 15.8 Å². The zero-order valence-corrected chi connectivity index (χ0v) is 10.2. The molecular weight excluding hydrogens is 263 g/mol. The number of nitrogens with zero attached hydrogens (tertiary/aromatic N) is 2. The summed E-state index contributed by atoms with van der Waals surface area (Å²) >= 11 is 0. The Morgan fingerprint density at radius 2 is 2.05 bits per heavy atom. The molecule has 1 saturated heterocycles. The van der Waals surface area contributed by atoms with Crippen LogP contribution in [-0.4, -0.2) is 28.7 Å². The number of nitrogen functional groups attached to an aromatic ring is 1. The highest BCUT2D eigenvalue weighted by atomic mass is 19.4. The van der Waals surface area contributed by atoms with Gasteiger partial charge in [0.15, 0.2) is 0 Å². The van der Waals surface area contributed by atoms with Crippen LogP contribution in [0.1, 0.15) is 19.2 Å². The lowest BCUT2D eigenvalue weighted by molar-refractivity contribution is -0.144. The molecule has 0 radical (unpaired) electrons. The lowest BCUT2D eigenvalue weighted by Gasteiger charge is -2.18. The van der Waals surface area contributed by atoms with Crippen molar-refractivity contribution in [3.8, 4) is 0 Å². The molecule has 0 saturated carbocycles. The zero-order valence-electron chi connectivity index (χ0n) is 10.2. The Kier molecular flexibility index (Phi) is 3.76. The average Bonchev–Trinajstić information content (AvgIpc) is 2.73. The second-order valence-corrected chi connectivity index (χ2v) is 4.22. The third-order valence-corrected chi connectivity index (χ3v) is 2.84. The van der Waals surface area contributed by atoms with E-state index < -0.39 is 12.0 Å². The van der Waals surface area contributed by atoms with Gasteiger partial charge in [0.25, 0.3) is 0 Å². The number of nitrogens with one attached hydrogen (secondary N) is 2. The van der Waals surface area contributed by atoms with Crippen molar-refractivity contribution in [2.45, 2.75) is 31.7 Å².